The van der Waals surface area contributed by atoms with Gasteiger partial charge in [-0.3, -0.25) is 9.67 Å². The molecular weight excluding hydrogens is 262 g/mol. The van der Waals surface area contributed by atoms with Crippen LogP contribution in [0.25, 0.3) is 0 Å². The first kappa shape index (κ1) is 14.0. The van der Waals surface area contributed by atoms with E-state index in [1.54, 1.807) is 17.1 Å². The number of nitrogens with zero attached hydrogens (tertiary/aromatic N) is 3. The number of aromatic nitrogens is 3. The highest BCUT2D eigenvalue weighted by molar-refractivity contribution is 6.31. The molecule has 2 aromatic heterocycles. The molecule has 102 valence electrons. The molecule has 0 aliphatic rings. The van der Waals surface area contributed by atoms with E-state index < -0.39 is 6.10 Å². The Balaban J connectivity index is 2.49. The smallest absolute Gasteiger partial charge is 0.139 e. The fraction of sp³-hybridized carbons (Fsp3) is 0.429. The van der Waals surface area contributed by atoms with Crippen LogP contribution in [0, 0.1) is 13.8 Å². The van der Waals surface area contributed by atoms with Gasteiger partial charge in [0.25, 0.3) is 0 Å². The molecule has 4 nitrogen and oxygen atoms in total. The van der Waals surface area contributed by atoms with Crippen LogP contribution in [0.2, 0.25) is 5.02 Å². The third-order valence-corrected chi connectivity index (χ3v) is 3.34. The van der Waals surface area contributed by atoms with Gasteiger partial charge in [-0.15, -0.1) is 0 Å². The van der Waals surface area contributed by atoms with E-state index in [0.717, 1.165) is 11.1 Å². The zero-order valence-corrected chi connectivity index (χ0v) is 12.3. The predicted octanol–water partition coefficient (Wildman–Crippen LogP) is 3.21. The average Bonchev–Trinajstić information content (AvgIpc) is 2.70. The molecule has 1 N–H and O–H groups in total. The van der Waals surface area contributed by atoms with Gasteiger partial charge in [0.2, 0.25) is 0 Å². The molecule has 0 saturated heterocycles. The Labute approximate surface area is 118 Å². The lowest BCUT2D eigenvalue weighted by Gasteiger charge is -2.17. The van der Waals surface area contributed by atoms with Crippen molar-refractivity contribution in [3.8, 4) is 0 Å². The van der Waals surface area contributed by atoms with E-state index in [1.807, 2.05) is 33.8 Å². The molecule has 0 aliphatic carbocycles. The Hall–Kier alpha value is -1.39. The molecule has 0 amide bonds. The lowest BCUT2D eigenvalue weighted by atomic mass is 10.1. The van der Waals surface area contributed by atoms with Crippen LogP contribution < -0.4 is 0 Å². The van der Waals surface area contributed by atoms with Crippen LogP contribution in [0.3, 0.4) is 0 Å². The van der Waals surface area contributed by atoms with Crippen LogP contribution in [-0.2, 0) is 0 Å². The van der Waals surface area contributed by atoms with E-state index in [9.17, 15) is 5.11 Å². The summed E-state index contributed by atoms with van der Waals surface area (Å²) in [4.78, 5) is 4.33. The Morgan fingerprint density at radius 2 is 1.95 bits per heavy atom. The second kappa shape index (κ2) is 5.31. The summed E-state index contributed by atoms with van der Waals surface area (Å²) in [5, 5.41) is 15.2. The Bertz CT molecular complexity index is 592. The van der Waals surface area contributed by atoms with Crippen LogP contribution in [-0.4, -0.2) is 19.9 Å². The molecule has 19 heavy (non-hydrogen) atoms. The highest BCUT2D eigenvalue weighted by Crippen LogP contribution is 2.30. The zero-order chi connectivity index (χ0) is 14.2. The van der Waals surface area contributed by atoms with Crippen molar-refractivity contribution in [2.45, 2.75) is 39.8 Å². The Morgan fingerprint density at radius 3 is 2.53 bits per heavy atom. The summed E-state index contributed by atoms with van der Waals surface area (Å²) in [6, 6.07) is 2.12. The molecule has 0 fully saturated rings. The summed E-state index contributed by atoms with van der Waals surface area (Å²) in [7, 11) is 0. The average molecular weight is 280 g/mol. The SMILES string of the molecule is Cc1cnc(C(O)c2c(Cl)cnn2C(C)C)c(C)c1. The number of aryl methyl sites for hydroxylation is 2. The van der Waals surface area contributed by atoms with Gasteiger partial charge in [0.05, 0.1) is 22.6 Å². The van der Waals surface area contributed by atoms with Gasteiger partial charge in [0, 0.05) is 12.2 Å². The van der Waals surface area contributed by atoms with Gasteiger partial charge in [-0.2, -0.15) is 5.10 Å². The molecule has 0 aliphatic heterocycles. The summed E-state index contributed by atoms with van der Waals surface area (Å²) in [5.41, 5.74) is 3.23. The monoisotopic (exact) mass is 279 g/mol. The van der Waals surface area contributed by atoms with Crippen molar-refractivity contribution in [3.63, 3.8) is 0 Å². The fourth-order valence-corrected chi connectivity index (χ4v) is 2.39. The number of halogens is 1. The maximum absolute atomic E-state index is 10.6. The first-order valence-electron chi connectivity index (χ1n) is 6.26. The maximum atomic E-state index is 10.6. The largest absolute Gasteiger partial charge is 0.380 e. The molecule has 2 aromatic rings. The normalized spacial score (nSPS) is 13.0. The van der Waals surface area contributed by atoms with E-state index in [4.69, 9.17) is 11.6 Å². The number of pyridine rings is 1. The Kier molecular flexibility index (Phi) is 3.92. The number of hydrogen-bond acceptors (Lipinski definition) is 3. The van der Waals surface area contributed by atoms with E-state index in [-0.39, 0.29) is 6.04 Å². The van der Waals surface area contributed by atoms with Crippen molar-refractivity contribution in [2.75, 3.05) is 0 Å². The number of rotatable bonds is 3. The molecule has 0 bridgehead atoms. The number of hydrogen-bond donors (Lipinski definition) is 1. The lowest BCUT2D eigenvalue weighted by molar-refractivity contribution is 0.199. The second-order valence-corrected chi connectivity index (χ2v) is 5.44. The minimum absolute atomic E-state index is 0.128. The van der Waals surface area contributed by atoms with E-state index >= 15 is 0 Å². The van der Waals surface area contributed by atoms with Gasteiger partial charge < -0.3 is 5.11 Å². The van der Waals surface area contributed by atoms with Gasteiger partial charge in [0.15, 0.2) is 0 Å². The maximum Gasteiger partial charge on any atom is 0.139 e. The van der Waals surface area contributed by atoms with Crippen LogP contribution in [0.4, 0.5) is 0 Å². The minimum atomic E-state index is -0.863. The molecule has 0 radical (unpaired) electrons. The molecule has 0 spiro atoms. The van der Waals surface area contributed by atoms with E-state index in [1.165, 1.54) is 0 Å². The van der Waals surface area contributed by atoms with Crippen molar-refractivity contribution in [1.82, 2.24) is 14.8 Å². The lowest BCUT2D eigenvalue weighted by Crippen LogP contribution is -2.14. The minimum Gasteiger partial charge on any atom is -0.380 e. The molecule has 0 saturated carbocycles. The molecule has 5 heteroatoms. The third-order valence-electron chi connectivity index (χ3n) is 3.05. The second-order valence-electron chi connectivity index (χ2n) is 5.03. The summed E-state index contributed by atoms with van der Waals surface area (Å²) in [6.45, 7) is 7.90. The van der Waals surface area contributed by atoms with Crippen LogP contribution in [0.1, 0.15) is 48.5 Å². The number of aliphatic hydroxyl groups is 1. The van der Waals surface area contributed by atoms with Crippen LogP contribution >= 0.6 is 11.6 Å². The van der Waals surface area contributed by atoms with Gasteiger partial charge >= 0.3 is 0 Å². The van der Waals surface area contributed by atoms with Crippen molar-refractivity contribution in [1.29, 1.82) is 0 Å². The quantitative estimate of drug-likeness (QED) is 0.939. The van der Waals surface area contributed by atoms with Crippen LogP contribution in [0.5, 0.6) is 0 Å². The summed E-state index contributed by atoms with van der Waals surface area (Å²) < 4.78 is 1.73. The molecule has 0 aromatic carbocycles. The van der Waals surface area contributed by atoms with Gasteiger partial charge in [0.1, 0.15) is 6.10 Å². The predicted molar refractivity (Wildman–Crippen MR) is 75.4 cm³/mol. The topological polar surface area (TPSA) is 50.9 Å². The van der Waals surface area contributed by atoms with Gasteiger partial charge in [-0.1, -0.05) is 17.7 Å². The number of aliphatic hydroxyl groups excluding tert-OH is 1. The molecule has 2 heterocycles. The first-order valence-corrected chi connectivity index (χ1v) is 6.63. The van der Waals surface area contributed by atoms with E-state index in [2.05, 4.69) is 10.1 Å². The zero-order valence-electron chi connectivity index (χ0n) is 11.6. The first-order chi connectivity index (χ1) is 8.91. The standard InChI is InChI=1S/C14H18ClN3O/c1-8(2)18-13(11(15)7-17-18)14(19)12-10(4)5-9(3)6-16-12/h5-8,14,19H,1-4H3. The van der Waals surface area contributed by atoms with Crippen LogP contribution in [0.15, 0.2) is 18.5 Å². The van der Waals surface area contributed by atoms with Crippen molar-refractivity contribution >= 4 is 11.6 Å². The summed E-state index contributed by atoms with van der Waals surface area (Å²) in [6.07, 6.45) is 2.44. The van der Waals surface area contributed by atoms with Crippen molar-refractivity contribution < 1.29 is 5.11 Å². The van der Waals surface area contributed by atoms with E-state index in [0.29, 0.717) is 16.4 Å². The third kappa shape index (κ3) is 2.65. The van der Waals surface area contributed by atoms with Crippen molar-refractivity contribution in [3.05, 3.63) is 46.0 Å². The van der Waals surface area contributed by atoms with Gasteiger partial charge in [-0.25, -0.2) is 0 Å². The fourth-order valence-electron chi connectivity index (χ4n) is 2.16. The summed E-state index contributed by atoms with van der Waals surface area (Å²) in [5.74, 6) is 0. The Morgan fingerprint density at radius 1 is 1.26 bits per heavy atom. The van der Waals surface area contributed by atoms with Crippen molar-refractivity contribution in [2.24, 2.45) is 0 Å². The highest BCUT2D eigenvalue weighted by atomic mass is 35.5. The highest BCUT2D eigenvalue weighted by Gasteiger charge is 2.23. The molecule has 1 unspecified atom stereocenters. The summed E-state index contributed by atoms with van der Waals surface area (Å²) >= 11 is 6.15. The molecule has 1 atom stereocenters. The molecular formula is C14H18ClN3O. The van der Waals surface area contributed by atoms with Gasteiger partial charge in [-0.05, 0) is 38.8 Å². The molecule has 2 rings (SSSR count).